The molecule has 0 heterocycles. The van der Waals surface area contributed by atoms with E-state index < -0.39 is 0 Å². The van der Waals surface area contributed by atoms with Crippen LogP contribution in [-0.4, -0.2) is 24.7 Å². The smallest absolute Gasteiger partial charge is 0.0878 e. The Hall–Kier alpha value is -0.960. The molecule has 1 aliphatic carbocycles. The van der Waals surface area contributed by atoms with Gasteiger partial charge < -0.3 is 15.4 Å². The fraction of sp³-hybridized carbons (Fsp3) is 0.636. The minimum Gasteiger partial charge on any atom is -0.403 e. The van der Waals surface area contributed by atoms with Crippen molar-refractivity contribution in [2.24, 2.45) is 5.73 Å². The molecule has 2 N–H and O–H groups in total. The van der Waals surface area contributed by atoms with Gasteiger partial charge in [-0.1, -0.05) is 19.4 Å². The van der Waals surface area contributed by atoms with Gasteiger partial charge in [0.2, 0.25) is 0 Å². The molecule has 1 aliphatic rings. The SMILES string of the molecule is C=CN(/C(=C\N)COC)C1CCCC1. The molecule has 3 nitrogen and oxygen atoms in total. The molecule has 0 radical (unpaired) electrons. The van der Waals surface area contributed by atoms with Crippen LogP contribution in [0.2, 0.25) is 0 Å². The van der Waals surface area contributed by atoms with E-state index in [9.17, 15) is 0 Å². The number of nitrogens with zero attached hydrogens (tertiary/aromatic N) is 1. The van der Waals surface area contributed by atoms with Crippen molar-refractivity contribution < 1.29 is 4.74 Å². The Morgan fingerprint density at radius 1 is 1.57 bits per heavy atom. The quantitative estimate of drug-likeness (QED) is 0.729. The second-order valence-electron chi connectivity index (χ2n) is 3.62. The Balaban J connectivity index is 2.62. The second kappa shape index (κ2) is 5.70. The first-order chi connectivity index (χ1) is 6.83. The van der Waals surface area contributed by atoms with Gasteiger partial charge in [0.15, 0.2) is 0 Å². The largest absolute Gasteiger partial charge is 0.403 e. The number of rotatable bonds is 5. The van der Waals surface area contributed by atoms with Crippen LogP contribution in [0.5, 0.6) is 0 Å². The van der Waals surface area contributed by atoms with Crippen LogP contribution in [0.25, 0.3) is 0 Å². The highest BCUT2D eigenvalue weighted by Gasteiger charge is 2.22. The van der Waals surface area contributed by atoms with Crippen molar-refractivity contribution in [2.45, 2.75) is 31.7 Å². The fourth-order valence-electron chi connectivity index (χ4n) is 2.04. The molecular formula is C11H20N2O. The zero-order valence-electron chi connectivity index (χ0n) is 8.91. The fourth-order valence-corrected chi connectivity index (χ4v) is 2.04. The van der Waals surface area contributed by atoms with E-state index in [1.165, 1.54) is 25.7 Å². The summed E-state index contributed by atoms with van der Waals surface area (Å²) in [7, 11) is 1.68. The van der Waals surface area contributed by atoms with Crippen molar-refractivity contribution in [1.29, 1.82) is 0 Å². The lowest BCUT2D eigenvalue weighted by Gasteiger charge is -2.28. The highest BCUT2D eigenvalue weighted by molar-refractivity contribution is 5.06. The number of hydrogen-bond donors (Lipinski definition) is 1. The maximum absolute atomic E-state index is 5.57. The molecule has 0 amide bonds. The summed E-state index contributed by atoms with van der Waals surface area (Å²) in [5.74, 6) is 0. The first-order valence-corrected chi connectivity index (χ1v) is 5.14. The minimum atomic E-state index is 0.555. The number of hydrogen-bond acceptors (Lipinski definition) is 3. The summed E-state index contributed by atoms with van der Waals surface area (Å²) in [6, 6.07) is 0.567. The first kappa shape index (κ1) is 11.1. The first-order valence-electron chi connectivity index (χ1n) is 5.14. The molecule has 0 aromatic rings. The third-order valence-electron chi connectivity index (χ3n) is 2.73. The number of methoxy groups -OCH3 is 1. The van der Waals surface area contributed by atoms with Crippen LogP contribution in [0, 0.1) is 0 Å². The summed E-state index contributed by atoms with van der Waals surface area (Å²) in [6.45, 7) is 4.39. The second-order valence-corrected chi connectivity index (χ2v) is 3.62. The Bertz CT molecular complexity index is 207. The summed E-state index contributed by atoms with van der Waals surface area (Å²) in [4.78, 5) is 2.15. The number of ether oxygens (including phenoxy) is 1. The zero-order chi connectivity index (χ0) is 10.4. The lowest BCUT2D eigenvalue weighted by molar-refractivity contribution is 0.189. The van der Waals surface area contributed by atoms with Gasteiger partial charge in [0, 0.05) is 19.4 Å². The van der Waals surface area contributed by atoms with Crippen LogP contribution in [-0.2, 0) is 4.74 Å². The van der Waals surface area contributed by atoms with E-state index in [-0.39, 0.29) is 0 Å². The molecule has 1 fully saturated rings. The van der Waals surface area contributed by atoms with Crippen LogP contribution < -0.4 is 5.73 Å². The van der Waals surface area contributed by atoms with E-state index in [0.29, 0.717) is 12.6 Å². The molecule has 0 atom stereocenters. The summed E-state index contributed by atoms with van der Waals surface area (Å²) in [5, 5.41) is 0. The lowest BCUT2D eigenvalue weighted by atomic mass is 10.2. The molecule has 80 valence electrons. The van der Waals surface area contributed by atoms with Crippen LogP contribution in [0.1, 0.15) is 25.7 Å². The van der Waals surface area contributed by atoms with E-state index in [1.54, 1.807) is 13.3 Å². The van der Waals surface area contributed by atoms with Crippen LogP contribution in [0.4, 0.5) is 0 Å². The summed E-state index contributed by atoms with van der Waals surface area (Å²) in [6.07, 6.45) is 8.54. The van der Waals surface area contributed by atoms with Crippen LogP contribution >= 0.6 is 0 Å². The van der Waals surface area contributed by atoms with Crippen molar-refractivity contribution >= 4 is 0 Å². The molecule has 14 heavy (non-hydrogen) atoms. The van der Waals surface area contributed by atoms with Gasteiger partial charge in [0.25, 0.3) is 0 Å². The molecule has 0 aromatic carbocycles. The van der Waals surface area contributed by atoms with Crippen molar-refractivity contribution in [3.8, 4) is 0 Å². The van der Waals surface area contributed by atoms with Gasteiger partial charge in [-0.15, -0.1) is 0 Å². The highest BCUT2D eigenvalue weighted by Crippen LogP contribution is 2.26. The third kappa shape index (κ3) is 2.51. The van der Waals surface area contributed by atoms with Gasteiger partial charge in [-0.05, 0) is 19.0 Å². The van der Waals surface area contributed by atoms with Gasteiger partial charge in [-0.2, -0.15) is 0 Å². The standard InChI is InChI=1S/C11H20N2O/c1-3-13(10-6-4-5-7-10)11(8-12)9-14-2/h3,8,10H,1,4-7,9,12H2,2H3/b11-8-. The molecule has 0 bridgehead atoms. The van der Waals surface area contributed by atoms with Crippen molar-refractivity contribution in [1.82, 2.24) is 4.90 Å². The molecule has 0 spiro atoms. The van der Waals surface area contributed by atoms with Crippen molar-refractivity contribution in [3.63, 3.8) is 0 Å². The summed E-state index contributed by atoms with van der Waals surface area (Å²) >= 11 is 0. The molecule has 1 saturated carbocycles. The average Bonchev–Trinajstić information content (AvgIpc) is 2.71. The van der Waals surface area contributed by atoms with Crippen molar-refractivity contribution in [2.75, 3.05) is 13.7 Å². The highest BCUT2D eigenvalue weighted by atomic mass is 16.5. The minimum absolute atomic E-state index is 0.555. The molecule has 0 aliphatic heterocycles. The topological polar surface area (TPSA) is 38.5 Å². The number of nitrogens with two attached hydrogens (primary N) is 1. The van der Waals surface area contributed by atoms with E-state index >= 15 is 0 Å². The molecular weight excluding hydrogens is 176 g/mol. The van der Waals surface area contributed by atoms with E-state index in [2.05, 4.69) is 11.5 Å². The third-order valence-corrected chi connectivity index (χ3v) is 2.73. The Kier molecular flexibility index (Phi) is 4.53. The van der Waals surface area contributed by atoms with E-state index in [4.69, 9.17) is 10.5 Å². The molecule has 0 aromatic heterocycles. The molecule has 1 rings (SSSR count). The predicted octanol–water partition coefficient (Wildman–Crippen LogP) is 1.82. The Morgan fingerprint density at radius 3 is 2.64 bits per heavy atom. The monoisotopic (exact) mass is 196 g/mol. The van der Waals surface area contributed by atoms with Gasteiger partial charge in [0.05, 0.1) is 12.3 Å². The van der Waals surface area contributed by atoms with Crippen LogP contribution in [0.15, 0.2) is 24.7 Å². The van der Waals surface area contributed by atoms with Gasteiger partial charge >= 0.3 is 0 Å². The Morgan fingerprint density at radius 2 is 2.21 bits per heavy atom. The molecule has 0 unspecified atom stereocenters. The van der Waals surface area contributed by atoms with Crippen molar-refractivity contribution in [3.05, 3.63) is 24.7 Å². The van der Waals surface area contributed by atoms with Crippen LogP contribution in [0.3, 0.4) is 0 Å². The van der Waals surface area contributed by atoms with Gasteiger partial charge in [-0.3, -0.25) is 0 Å². The van der Waals surface area contributed by atoms with E-state index in [0.717, 1.165) is 5.70 Å². The van der Waals surface area contributed by atoms with Gasteiger partial charge in [-0.25, -0.2) is 0 Å². The normalized spacial score (nSPS) is 18.5. The maximum Gasteiger partial charge on any atom is 0.0878 e. The predicted molar refractivity (Wildman–Crippen MR) is 58.4 cm³/mol. The Labute approximate surface area is 86.2 Å². The molecule has 0 saturated heterocycles. The summed E-state index contributed by atoms with van der Waals surface area (Å²) < 4.78 is 5.10. The molecule has 3 heteroatoms. The zero-order valence-corrected chi connectivity index (χ0v) is 8.91. The maximum atomic E-state index is 5.57. The summed E-state index contributed by atoms with van der Waals surface area (Å²) in [5.41, 5.74) is 6.58. The van der Waals surface area contributed by atoms with E-state index in [1.807, 2.05) is 6.20 Å². The average molecular weight is 196 g/mol. The van der Waals surface area contributed by atoms with Gasteiger partial charge in [0.1, 0.15) is 0 Å². The lowest BCUT2D eigenvalue weighted by Crippen LogP contribution is -2.29.